The zero-order valence-electron chi connectivity index (χ0n) is 15.0. The van der Waals surface area contributed by atoms with Gasteiger partial charge in [-0.3, -0.25) is 5.32 Å². The first-order valence-electron chi connectivity index (χ1n) is 6.43. The second-order valence-corrected chi connectivity index (χ2v) is 5.96. The molecule has 0 aliphatic rings. The van der Waals surface area contributed by atoms with E-state index in [1.54, 1.807) is 19.1 Å². The van der Waals surface area contributed by atoms with E-state index in [0.29, 0.717) is 11.4 Å². The van der Waals surface area contributed by atoms with E-state index < -0.39 is 16.5 Å². The van der Waals surface area contributed by atoms with E-state index >= 15 is 0 Å². The van der Waals surface area contributed by atoms with Gasteiger partial charge in [0.2, 0.25) is 5.95 Å². The van der Waals surface area contributed by atoms with Gasteiger partial charge in [-0.25, -0.2) is 19.6 Å². The predicted molar refractivity (Wildman–Crippen MR) is 96.5 cm³/mol. The van der Waals surface area contributed by atoms with Gasteiger partial charge in [0.25, 0.3) is 0 Å². The summed E-state index contributed by atoms with van der Waals surface area (Å²) in [4.78, 5) is 32.6. The molecule has 0 unspecified atom stereocenters. The second kappa shape index (κ2) is 12.8. The Kier molecular flexibility index (Phi) is 12.1. The minimum Gasteiger partial charge on any atom is -1.00 e. The Morgan fingerprint density at radius 2 is 1.85 bits per heavy atom. The molecular weight excluding hydrogens is 488 g/mol. The molecule has 1 heterocycles. The number of aromatic nitrogens is 3. The largest absolute Gasteiger partial charge is 1.00 e. The zero-order valence-corrected chi connectivity index (χ0v) is 19.0. The van der Waals surface area contributed by atoms with Crippen LogP contribution >= 0.6 is 22.6 Å². The maximum absolute atomic E-state index is 10.9. The number of hydrogen-bond donors (Lipinski definition) is 1. The Morgan fingerprint density at radius 3 is 2.35 bits per heavy atom. The molecule has 1 aromatic carbocycles. The molecule has 13 heteroatoms. The van der Waals surface area contributed by atoms with E-state index in [1.807, 2.05) is 12.1 Å². The molecule has 1 N–H and O–H groups in total. The van der Waals surface area contributed by atoms with E-state index in [0.717, 1.165) is 3.57 Å². The van der Waals surface area contributed by atoms with Gasteiger partial charge in [0.05, 0.1) is 12.7 Å². The number of nitrogens with zero attached hydrogens (tertiary/aromatic N) is 4. The van der Waals surface area contributed by atoms with Gasteiger partial charge in [0, 0.05) is 3.57 Å². The third-order valence-electron chi connectivity index (χ3n) is 2.33. The molecule has 0 radical (unpaired) electrons. The molecule has 26 heavy (non-hydrogen) atoms. The van der Waals surface area contributed by atoms with Crippen molar-refractivity contribution in [2.45, 2.75) is 6.92 Å². The predicted octanol–water partition coefficient (Wildman–Crippen LogP) is -1.03. The minimum atomic E-state index is -2.78. The standard InChI is InChI=1S/C8H7IO2.C5H5N5O3S.Na.H/c1-11-8(10)6-2-4-7(9)5-3-6;1-3-6-2-7-4(8-3)9-5(11)10-14(12)13;;/h2-5H,1H3;2H,1H3,(H,6,7,8,9,11);;/q;;+1;-1. The number of anilines is 1. The van der Waals surface area contributed by atoms with Crippen LogP contribution in [-0.4, -0.2) is 42.5 Å². The third-order valence-corrected chi connectivity index (χ3v) is 3.37. The number of rotatable bonds is 2. The van der Waals surface area contributed by atoms with Crippen molar-refractivity contribution in [1.82, 2.24) is 15.0 Å². The summed E-state index contributed by atoms with van der Waals surface area (Å²) in [5.74, 6) is 0.0663. The van der Waals surface area contributed by atoms with Gasteiger partial charge >= 0.3 is 52.1 Å². The number of ether oxygens (including phenoxy) is 1. The van der Waals surface area contributed by atoms with Gasteiger partial charge in [0.1, 0.15) is 12.2 Å². The first-order chi connectivity index (χ1) is 11.8. The maximum atomic E-state index is 10.9. The molecule has 1 aromatic heterocycles. The molecule has 2 aromatic rings. The van der Waals surface area contributed by atoms with E-state index in [1.165, 1.54) is 13.4 Å². The number of carbonyl (C=O) groups is 2. The van der Waals surface area contributed by atoms with E-state index in [9.17, 15) is 18.0 Å². The van der Waals surface area contributed by atoms with Crippen molar-refractivity contribution in [2.24, 2.45) is 4.36 Å². The van der Waals surface area contributed by atoms with Crippen LogP contribution in [0.5, 0.6) is 0 Å². The number of methoxy groups -OCH3 is 1. The van der Waals surface area contributed by atoms with E-state index in [-0.39, 0.29) is 42.9 Å². The molecule has 0 aliphatic heterocycles. The van der Waals surface area contributed by atoms with Gasteiger partial charge in [-0.05, 0) is 53.8 Å². The molecule has 0 atom stereocenters. The number of hydrogen-bond acceptors (Lipinski definition) is 8. The van der Waals surface area contributed by atoms with Crippen LogP contribution in [0.3, 0.4) is 0 Å². The van der Waals surface area contributed by atoms with Crippen molar-refractivity contribution in [1.29, 1.82) is 0 Å². The molecule has 2 amide bonds. The normalized spacial score (nSPS) is 8.88. The fraction of sp³-hybridized carbons (Fsp3) is 0.154. The average molecular weight is 501 g/mol. The van der Waals surface area contributed by atoms with Crippen molar-refractivity contribution in [3.63, 3.8) is 0 Å². The molecule has 0 saturated carbocycles. The minimum absolute atomic E-state index is 0. The molecule has 0 aliphatic carbocycles. The summed E-state index contributed by atoms with van der Waals surface area (Å²) in [6, 6.07) is 6.17. The van der Waals surface area contributed by atoms with Crippen LogP contribution < -0.4 is 34.9 Å². The third kappa shape index (κ3) is 9.86. The van der Waals surface area contributed by atoms with Gasteiger partial charge in [-0.2, -0.15) is 13.4 Å². The van der Waals surface area contributed by atoms with Gasteiger partial charge in [-0.1, -0.05) is 4.36 Å². The number of nitrogens with one attached hydrogen (secondary N) is 1. The quantitative estimate of drug-likeness (QED) is 0.313. The van der Waals surface area contributed by atoms with E-state index in [4.69, 9.17) is 0 Å². The number of carbonyl (C=O) groups excluding carboxylic acids is 2. The Balaban J connectivity index is 0. The number of benzene rings is 1. The van der Waals surface area contributed by atoms with Crippen LogP contribution in [0.25, 0.3) is 0 Å². The molecule has 0 saturated heterocycles. The van der Waals surface area contributed by atoms with Crippen LogP contribution in [0, 0.1) is 10.5 Å². The number of amides is 2. The van der Waals surface area contributed by atoms with Crippen molar-refractivity contribution >= 4 is 51.0 Å². The number of aryl methyl sites for hydroxylation is 1. The second-order valence-electron chi connectivity index (χ2n) is 4.09. The molecule has 2 rings (SSSR count). The molecule has 0 spiro atoms. The Labute approximate surface area is 187 Å². The average Bonchev–Trinajstić information content (AvgIpc) is 2.54. The summed E-state index contributed by atoms with van der Waals surface area (Å²) in [7, 11) is -1.41. The van der Waals surface area contributed by atoms with Crippen molar-refractivity contribution in [3.05, 3.63) is 45.6 Å². The first kappa shape index (κ1) is 24.5. The summed E-state index contributed by atoms with van der Waals surface area (Å²) < 4.78 is 28.3. The van der Waals surface area contributed by atoms with Gasteiger partial charge in [-0.15, -0.1) is 0 Å². The maximum Gasteiger partial charge on any atom is 1.00 e. The first-order valence-corrected chi connectivity index (χ1v) is 8.54. The summed E-state index contributed by atoms with van der Waals surface area (Å²) >= 11 is 2.18. The molecule has 134 valence electrons. The van der Waals surface area contributed by atoms with E-state index in [2.05, 4.69) is 52.0 Å². The Morgan fingerprint density at radius 1 is 1.23 bits per heavy atom. The summed E-state index contributed by atoms with van der Waals surface area (Å²) in [5.41, 5.74) is 0.591. The molecular formula is C13H13IN5NaO5S. The van der Waals surface area contributed by atoms with Crippen LogP contribution in [0.15, 0.2) is 35.0 Å². The fourth-order valence-electron chi connectivity index (χ4n) is 1.33. The zero-order chi connectivity index (χ0) is 18.8. The summed E-state index contributed by atoms with van der Waals surface area (Å²) in [6.07, 6.45) is 1.19. The smallest absolute Gasteiger partial charge is 1.00 e. The monoisotopic (exact) mass is 501 g/mol. The van der Waals surface area contributed by atoms with Crippen LogP contribution in [0.2, 0.25) is 0 Å². The fourth-order valence-corrected chi connectivity index (χ4v) is 1.87. The molecule has 0 fully saturated rings. The van der Waals surface area contributed by atoms with Gasteiger partial charge < -0.3 is 6.16 Å². The number of esters is 1. The SMILES string of the molecule is COC(=O)c1ccc(I)cc1.Cc1ncnc(NC(=O)N=S(=O)=O)n1.[H-].[Na+]. The van der Waals surface area contributed by atoms with Gasteiger partial charge in [0.15, 0.2) is 0 Å². The number of halogens is 1. The van der Waals surface area contributed by atoms with Crippen molar-refractivity contribution in [3.8, 4) is 0 Å². The molecule has 10 nitrogen and oxygen atoms in total. The topological polar surface area (TPSA) is 141 Å². The van der Waals surface area contributed by atoms with Crippen molar-refractivity contribution in [2.75, 3.05) is 12.4 Å². The summed E-state index contributed by atoms with van der Waals surface area (Å²) in [5, 5.41) is 2.05. The van der Waals surface area contributed by atoms with Crippen LogP contribution in [-0.2, 0) is 15.2 Å². The molecule has 0 bridgehead atoms. The summed E-state index contributed by atoms with van der Waals surface area (Å²) in [6.45, 7) is 1.60. The Hall–Kier alpha value is -1.48. The Bertz CT molecular complexity index is 890. The number of urea groups is 1. The van der Waals surface area contributed by atoms with Crippen LogP contribution in [0.1, 0.15) is 17.6 Å². The van der Waals surface area contributed by atoms with Crippen molar-refractivity contribution < 1.29 is 53.7 Å². The van der Waals surface area contributed by atoms with Crippen LogP contribution in [0.4, 0.5) is 10.7 Å².